The summed E-state index contributed by atoms with van der Waals surface area (Å²) in [5.41, 5.74) is 1.76. The van der Waals surface area contributed by atoms with Crippen molar-refractivity contribution in [3.05, 3.63) is 47.7 Å². The molecule has 2 rings (SSSR count). The molecule has 1 heterocycles. The number of anilines is 1. The first kappa shape index (κ1) is 10.4. The second kappa shape index (κ2) is 4.61. The van der Waals surface area contributed by atoms with E-state index >= 15 is 0 Å². The molecule has 0 aliphatic carbocycles. The lowest BCUT2D eigenvalue weighted by Crippen LogP contribution is -2.12. The molecule has 1 N–H and O–H groups in total. The third-order valence-corrected chi connectivity index (χ3v) is 2.28. The van der Waals surface area contributed by atoms with Crippen LogP contribution < -0.4 is 5.32 Å². The smallest absolute Gasteiger partial charge is 0.256 e. The van der Waals surface area contributed by atoms with Crippen molar-refractivity contribution < 1.29 is 9.32 Å². The maximum absolute atomic E-state index is 11.8. The van der Waals surface area contributed by atoms with E-state index in [1.54, 1.807) is 12.1 Å². The van der Waals surface area contributed by atoms with Gasteiger partial charge in [-0.3, -0.25) is 4.79 Å². The molecule has 0 spiro atoms. The van der Waals surface area contributed by atoms with Crippen molar-refractivity contribution in [1.82, 2.24) is 5.16 Å². The maximum Gasteiger partial charge on any atom is 0.256 e. The minimum absolute atomic E-state index is 0.177. The first-order valence-corrected chi connectivity index (χ1v) is 5.10. The number of hydrogen-bond donors (Lipinski definition) is 1. The highest BCUT2D eigenvalue weighted by atomic mass is 16.5. The highest BCUT2D eigenvalue weighted by molar-refractivity contribution is 6.03. The molecule has 1 amide bonds. The van der Waals surface area contributed by atoms with Gasteiger partial charge in [0.1, 0.15) is 6.26 Å². The van der Waals surface area contributed by atoms with Crippen LogP contribution in [0.15, 0.2) is 41.1 Å². The number of carbonyl (C=O) groups is 1. The summed E-state index contributed by atoms with van der Waals surface area (Å²) in [5, 5.41) is 6.26. The fraction of sp³-hybridized carbons (Fsp3) is 0.167. The average molecular weight is 216 g/mol. The van der Waals surface area contributed by atoms with E-state index in [0.29, 0.717) is 11.4 Å². The molecule has 16 heavy (non-hydrogen) atoms. The van der Waals surface area contributed by atoms with Crippen molar-refractivity contribution in [1.29, 1.82) is 0 Å². The molecule has 0 aliphatic heterocycles. The molecule has 0 fully saturated rings. The van der Waals surface area contributed by atoms with E-state index < -0.39 is 0 Å². The summed E-state index contributed by atoms with van der Waals surface area (Å²) >= 11 is 0. The van der Waals surface area contributed by atoms with Crippen LogP contribution in [0.5, 0.6) is 0 Å². The number of amides is 1. The number of benzene rings is 1. The van der Waals surface area contributed by atoms with Gasteiger partial charge < -0.3 is 9.84 Å². The molecule has 1 aromatic heterocycles. The van der Waals surface area contributed by atoms with Crippen molar-refractivity contribution in [3.63, 3.8) is 0 Å². The molecule has 0 atom stereocenters. The number of hydrogen-bond acceptors (Lipinski definition) is 3. The van der Waals surface area contributed by atoms with E-state index in [-0.39, 0.29) is 5.91 Å². The van der Waals surface area contributed by atoms with Crippen molar-refractivity contribution in [2.24, 2.45) is 0 Å². The second-order valence-corrected chi connectivity index (χ2v) is 3.39. The van der Waals surface area contributed by atoms with E-state index in [1.807, 2.05) is 18.2 Å². The highest BCUT2D eigenvalue weighted by Gasteiger charge is 2.07. The average Bonchev–Trinajstić information content (AvgIpc) is 2.82. The monoisotopic (exact) mass is 216 g/mol. The Kier molecular flexibility index (Phi) is 3.00. The quantitative estimate of drug-likeness (QED) is 0.857. The van der Waals surface area contributed by atoms with Crippen LogP contribution in [-0.2, 0) is 6.42 Å². The lowest BCUT2D eigenvalue weighted by atomic mass is 10.1. The minimum atomic E-state index is -0.177. The zero-order valence-corrected chi connectivity index (χ0v) is 8.93. The zero-order valence-electron chi connectivity index (χ0n) is 8.93. The fourth-order valence-corrected chi connectivity index (χ4v) is 1.40. The molecule has 0 aliphatic rings. The molecule has 0 radical (unpaired) electrons. The Hall–Kier alpha value is -2.10. The molecular weight excluding hydrogens is 204 g/mol. The summed E-state index contributed by atoms with van der Waals surface area (Å²) in [5.74, 6) is 0.246. The highest BCUT2D eigenvalue weighted by Crippen LogP contribution is 2.09. The Morgan fingerprint density at radius 2 is 2.31 bits per heavy atom. The third-order valence-electron chi connectivity index (χ3n) is 2.28. The van der Waals surface area contributed by atoms with Crippen LogP contribution in [0, 0.1) is 0 Å². The number of aryl methyl sites for hydroxylation is 1. The van der Waals surface area contributed by atoms with Gasteiger partial charge in [0.15, 0.2) is 5.82 Å². The van der Waals surface area contributed by atoms with Crippen LogP contribution >= 0.6 is 0 Å². The molecule has 2 aromatic rings. The van der Waals surface area contributed by atoms with Gasteiger partial charge in [0, 0.05) is 11.6 Å². The number of rotatable bonds is 3. The van der Waals surface area contributed by atoms with E-state index in [1.165, 1.54) is 6.26 Å². The van der Waals surface area contributed by atoms with Gasteiger partial charge >= 0.3 is 0 Å². The van der Waals surface area contributed by atoms with Crippen LogP contribution in [-0.4, -0.2) is 11.1 Å². The minimum Gasteiger partial charge on any atom is -0.363 e. The predicted molar refractivity (Wildman–Crippen MR) is 60.3 cm³/mol. The Morgan fingerprint density at radius 3 is 3.00 bits per heavy atom. The van der Waals surface area contributed by atoms with Crippen LogP contribution in [0.25, 0.3) is 0 Å². The van der Waals surface area contributed by atoms with E-state index in [4.69, 9.17) is 0 Å². The third kappa shape index (κ3) is 2.28. The summed E-state index contributed by atoms with van der Waals surface area (Å²) < 4.78 is 4.63. The van der Waals surface area contributed by atoms with Gasteiger partial charge in [0.05, 0.1) is 0 Å². The molecular formula is C12H12N2O2. The normalized spacial score (nSPS) is 10.1. The summed E-state index contributed by atoms with van der Waals surface area (Å²) in [4.78, 5) is 11.8. The van der Waals surface area contributed by atoms with Gasteiger partial charge in [0.2, 0.25) is 0 Å². The first-order valence-electron chi connectivity index (χ1n) is 5.10. The van der Waals surface area contributed by atoms with Crippen LogP contribution in [0.2, 0.25) is 0 Å². The van der Waals surface area contributed by atoms with Crippen LogP contribution in [0.1, 0.15) is 22.8 Å². The van der Waals surface area contributed by atoms with Gasteiger partial charge in [-0.1, -0.05) is 24.2 Å². The Balaban J connectivity index is 2.14. The fourth-order valence-electron chi connectivity index (χ4n) is 1.40. The maximum atomic E-state index is 11.8. The largest absolute Gasteiger partial charge is 0.363 e. The van der Waals surface area contributed by atoms with Gasteiger partial charge in [-0.2, -0.15) is 0 Å². The Labute approximate surface area is 93.3 Å². The first-order chi connectivity index (χ1) is 7.79. The molecule has 4 nitrogen and oxygen atoms in total. The Morgan fingerprint density at radius 1 is 1.44 bits per heavy atom. The molecule has 0 saturated carbocycles. The molecule has 0 unspecified atom stereocenters. The number of nitrogens with zero attached hydrogens (tertiary/aromatic N) is 1. The summed E-state index contributed by atoms with van der Waals surface area (Å²) in [7, 11) is 0. The van der Waals surface area contributed by atoms with E-state index in [2.05, 4.69) is 21.9 Å². The topological polar surface area (TPSA) is 55.1 Å². The van der Waals surface area contributed by atoms with E-state index in [9.17, 15) is 4.79 Å². The van der Waals surface area contributed by atoms with Crippen molar-refractivity contribution in [2.75, 3.05) is 5.32 Å². The molecule has 4 heteroatoms. The van der Waals surface area contributed by atoms with Gasteiger partial charge in [0.25, 0.3) is 5.91 Å². The zero-order chi connectivity index (χ0) is 11.4. The molecule has 0 saturated heterocycles. The number of carbonyl (C=O) groups excluding carboxylic acids is 1. The van der Waals surface area contributed by atoms with Gasteiger partial charge in [-0.05, 0) is 24.1 Å². The molecule has 1 aromatic carbocycles. The summed E-state index contributed by atoms with van der Waals surface area (Å²) in [6, 6.07) is 9.11. The van der Waals surface area contributed by atoms with Crippen molar-refractivity contribution >= 4 is 11.7 Å². The standard InChI is InChI=1S/C12H12N2O2/c1-2-9-4-3-5-10(8-9)12(15)13-11-6-7-16-14-11/h3-8H,2H2,1H3,(H,13,14,15). The van der Waals surface area contributed by atoms with Crippen LogP contribution in [0.3, 0.4) is 0 Å². The SMILES string of the molecule is CCc1cccc(C(=O)Nc2ccon2)c1. The van der Waals surface area contributed by atoms with Crippen molar-refractivity contribution in [2.45, 2.75) is 13.3 Å². The molecule has 82 valence electrons. The van der Waals surface area contributed by atoms with Gasteiger partial charge in [-0.25, -0.2) is 0 Å². The lowest BCUT2D eigenvalue weighted by molar-refractivity contribution is 0.102. The summed E-state index contributed by atoms with van der Waals surface area (Å²) in [6.45, 7) is 2.05. The van der Waals surface area contributed by atoms with Crippen LogP contribution in [0.4, 0.5) is 5.82 Å². The lowest BCUT2D eigenvalue weighted by Gasteiger charge is -2.03. The summed E-state index contributed by atoms with van der Waals surface area (Å²) in [6.07, 6.45) is 2.32. The van der Waals surface area contributed by atoms with E-state index in [0.717, 1.165) is 12.0 Å². The number of nitrogens with one attached hydrogen (secondary N) is 1. The van der Waals surface area contributed by atoms with Crippen molar-refractivity contribution in [3.8, 4) is 0 Å². The predicted octanol–water partition coefficient (Wildman–Crippen LogP) is 2.49. The second-order valence-electron chi connectivity index (χ2n) is 3.39. The molecule has 0 bridgehead atoms. The van der Waals surface area contributed by atoms with Gasteiger partial charge in [-0.15, -0.1) is 0 Å². The Bertz CT molecular complexity index is 478. The number of aromatic nitrogens is 1.